The van der Waals surface area contributed by atoms with E-state index in [1.54, 1.807) is 13.8 Å². The minimum Gasteiger partial charge on any atom is -0.479 e. The molecule has 0 aromatic carbocycles. The average Bonchev–Trinajstić information content (AvgIpc) is 3.08. The first-order chi connectivity index (χ1) is 12.8. The van der Waals surface area contributed by atoms with Crippen LogP contribution in [-0.2, 0) is 19.1 Å². The van der Waals surface area contributed by atoms with Crippen LogP contribution in [0.15, 0.2) is 0 Å². The number of ether oxygens (including phenoxy) is 1. The molecule has 0 spiro atoms. The van der Waals surface area contributed by atoms with Gasteiger partial charge in [0, 0.05) is 6.54 Å². The number of rotatable bonds is 8. The third-order valence-corrected chi connectivity index (χ3v) is 6.18. The number of amides is 1. The van der Waals surface area contributed by atoms with Crippen LogP contribution >= 0.6 is 0 Å². The van der Waals surface area contributed by atoms with E-state index in [2.05, 4.69) is 0 Å². The summed E-state index contributed by atoms with van der Waals surface area (Å²) in [6, 6.07) is -0.803. The number of aliphatic carboxylic acids is 1. The largest absolute Gasteiger partial charge is 0.479 e. The monoisotopic (exact) mass is 382 g/mol. The standard InChI is InChI=1S/C20H34N2O5/c1-3-27-18(24)16(11-10-15-8-5-4-6-9-15)20(19(25)26)12-7-13-22(20)17(23)14(2)21/h14-16H,3-13,21H2,1-2H3,(H,25,26)/t14-,16+,20+/m0/s1. The van der Waals surface area contributed by atoms with Crippen molar-refractivity contribution in [2.24, 2.45) is 17.6 Å². The highest BCUT2D eigenvalue weighted by Crippen LogP contribution is 2.41. The van der Waals surface area contributed by atoms with Crippen molar-refractivity contribution >= 4 is 17.8 Å². The third kappa shape index (κ3) is 4.62. The van der Waals surface area contributed by atoms with Crippen LogP contribution in [0.3, 0.4) is 0 Å². The smallest absolute Gasteiger partial charge is 0.330 e. The van der Waals surface area contributed by atoms with E-state index >= 15 is 0 Å². The maximum Gasteiger partial charge on any atom is 0.330 e. The van der Waals surface area contributed by atoms with Gasteiger partial charge in [-0.2, -0.15) is 0 Å². The normalized spacial score (nSPS) is 25.8. The minimum absolute atomic E-state index is 0.190. The fourth-order valence-electron chi connectivity index (χ4n) is 4.80. The molecule has 0 radical (unpaired) electrons. The summed E-state index contributed by atoms with van der Waals surface area (Å²) in [4.78, 5) is 39.2. The van der Waals surface area contributed by atoms with Crippen LogP contribution in [0.5, 0.6) is 0 Å². The molecule has 3 N–H and O–H groups in total. The van der Waals surface area contributed by atoms with Gasteiger partial charge in [-0.15, -0.1) is 0 Å². The van der Waals surface area contributed by atoms with Gasteiger partial charge in [-0.3, -0.25) is 9.59 Å². The number of hydrogen-bond acceptors (Lipinski definition) is 5. The zero-order chi connectivity index (χ0) is 20.0. The molecule has 2 rings (SSSR count). The molecular weight excluding hydrogens is 348 g/mol. The predicted molar refractivity (Wildman–Crippen MR) is 101 cm³/mol. The summed E-state index contributed by atoms with van der Waals surface area (Å²) >= 11 is 0. The Morgan fingerprint density at radius 3 is 2.44 bits per heavy atom. The Labute approximate surface area is 161 Å². The number of carbonyl (C=O) groups excluding carboxylic acids is 2. The van der Waals surface area contributed by atoms with Crippen LogP contribution < -0.4 is 5.73 Å². The van der Waals surface area contributed by atoms with Crippen LogP contribution in [0.4, 0.5) is 0 Å². The first-order valence-electron chi connectivity index (χ1n) is 10.3. The Hall–Kier alpha value is -1.63. The molecule has 0 unspecified atom stereocenters. The van der Waals surface area contributed by atoms with Gasteiger partial charge in [-0.05, 0) is 45.4 Å². The number of nitrogens with zero attached hydrogens (tertiary/aromatic N) is 1. The SMILES string of the molecule is CCOC(=O)[C@@H](CCC1CCCCC1)[C@@]1(C(=O)O)CCCN1C(=O)[C@H](C)N. The molecule has 2 fully saturated rings. The number of carboxylic acid groups (broad SMARTS) is 1. The Kier molecular flexibility index (Phi) is 7.65. The zero-order valence-corrected chi connectivity index (χ0v) is 16.6. The van der Waals surface area contributed by atoms with Crippen LogP contribution in [0.25, 0.3) is 0 Å². The first kappa shape index (κ1) is 21.7. The number of nitrogens with two attached hydrogens (primary N) is 1. The van der Waals surface area contributed by atoms with Crippen molar-refractivity contribution in [2.45, 2.75) is 83.2 Å². The van der Waals surface area contributed by atoms with Gasteiger partial charge in [-0.25, -0.2) is 4.79 Å². The van der Waals surface area contributed by atoms with Crippen LogP contribution in [0.2, 0.25) is 0 Å². The first-order valence-corrected chi connectivity index (χ1v) is 10.3. The van der Waals surface area contributed by atoms with Crippen molar-refractivity contribution < 1.29 is 24.2 Å². The Balaban J connectivity index is 2.31. The zero-order valence-electron chi connectivity index (χ0n) is 16.6. The summed E-state index contributed by atoms with van der Waals surface area (Å²) in [5.74, 6) is -2.40. The maximum atomic E-state index is 12.8. The van der Waals surface area contributed by atoms with Gasteiger partial charge < -0.3 is 20.5 Å². The number of hydrogen-bond donors (Lipinski definition) is 2. The van der Waals surface area contributed by atoms with Gasteiger partial charge in [0.15, 0.2) is 5.54 Å². The lowest BCUT2D eigenvalue weighted by molar-refractivity contribution is -0.171. The van der Waals surface area contributed by atoms with E-state index in [9.17, 15) is 19.5 Å². The molecule has 7 heteroatoms. The highest BCUT2D eigenvalue weighted by molar-refractivity contribution is 5.94. The molecule has 0 aromatic heterocycles. The number of likely N-dealkylation sites (tertiary alicyclic amines) is 1. The molecule has 1 aliphatic heterocycles. The third-order valence-electron chi connectivity index (χ3n) is 6.18. The fourth-order valence-corrected chi connectivity index (χ4v) is 4.80. The number of carboxylic acids is 1. The number of esters is 1. The second-order valence-corrected chi connectivity index (χ2v) is 8.00. The lowest BCUT2D eigenvalue weighted by Gasteiger charge is -2.41. The van der Waals surface area contributed by atoms with Crippen molar-refractivity contribution in [2.75, 3.05) is 13.2 Å². The molecule has 154 valence electrons. The molecule has 2 aliphatic rings. The number of carbonyl (C=O) groups is 3. The molecule has 1 saturated carbocycles. The summed E-state index contributed by atoms with van der Waals surface area (Å²) < 4.78 is 5.25. The molecular formula is C20H34N2O5. The molecule has 27 heavy (non-hydrogen) atoms. The van der Waals surface area contributed by atoms with Crippen molar-refractivity contribution in [1.29, 1.82) is 0 Å². The summed E-state index contributed by atoms with van der Waals surface area (Å²) in [6.07, 6.45) is 7.89. The lowest BCUT2D eigenvalue weighted by atomic mass is 9.75. The van der Waals surface area contributed by atoms with Crippen LogP contribution in [0.1, 0.15) is 71.6 Å². The van der Waals surface area contributed by atoms with Gasteiger partial charge in [0.05, 0.1) is 18.6 Å². The second kappa shape index (κ2) is 9.53. The van der Waals surface area contributed by atoms with E-state index in [1.807, 2.05) is 0 Å². The quantitative estimate of drug-likeness (QED) is 0.624. The lowest BCUT2D eigenvalue weighted by Crippen LogP contribution is -2.62. The molecule has 3 atom stereocenters. The van der Waals surface area contributed by atoms with Crippen molar-refractivity contribution in [3.05, 3.63) is 0 Å². The highest BCUT2D eigenvalue weighted by Gasteiger charge is 2.58. The van der Waals surface area contributed by atoms with Gasteiger partial charge in [0.25, 0.3) is 0 Å². The molecule has 1 amide bonds. The van der Waals surface area contributed by atoms with E-state index in [1.165, 1.54) is 24.2 Å². The molecule has 1 saturated heterocycles. The fraction of sp³-hybridized carbons (Fsp3) is 0.850. The van der Waals surface area contributed by atoms with E-state index in [0.29, 0.717) is 25.3 Å². The minimum atomic E-state index is -1.55. The van der Waals surface area contributed by atoms with Gasteiger partial charge >= 0.3 is 11.9 Å². The van der Waals surface area contributed by atoms with Crippen molar-refractivity contribution in [1.82, 2.24) is 4.90 Å². The maximum absolute atomic E-state index is 12.8. The van der Waals surface area contributed by atoms with Gasteiger partial charge in [0.2, 0.25) is 5.91 Å². The van der Waals surface area contributed by atoms with Crippen LogP contribution in [0, 0.1) is 11.8 Å². The average molecular weight is 383 g/mol. The molecule has 1 aliphatic carbocycles. The van der Waals surface area contributed by atoms with Crippen molar-refractivity contribution in [3.63, 3.8) is 0 Å². The molecule has 1 heterocycles. The Morgan fingerprint density at radius 1 is 1.22 bits per heavy atom. The second-order valence-electron chi connectivity index (χ2n) is 8.00. The summed E-state index contributed by atoms with van der Waals surface area (Å²) in [5.41, 5.74) is 4.21. The van der Waals surface area contributed by atoms with Crippen molar-refractivity contribution in [3.8, 4) is 0 Å². The Morgan fingerprint density at radius 2 is 1.89 bits per heavy atom. The highest BCUT2D eigenvalue weighted by atomic mass is 16.5. The van der Waals surface area contributed by atoms with E-state index < -0.39 is 35.3 Å². The summed E-state index contributed by atoms with van der Waals surface area (Å²) in [7, 11) is 0. The summed E-state index contributed by atoms with van der Waals surface area (Å²) in [6.45, 7) is 3.76. The van der Waals surface area contributed by atoms with E-state index in [-0.39, 0.29) is 13.0 Å². The Bertz CT molecular complexity index is 544. The van der Waals surface area contributed by atoms with E-state index in [0.717, 1.165) is 19.3 Å². The molecule has 7 nitrogen and oxygen atoms in total. The van der Waals surface area contributed by atoms with Gasteiger partial charge in [0.1, 0.15) is 0 Å². The predicted octanol–water partition coefficient (Wildman–Crippen LogP) is 2.32. The van der Waals surface area contributed by atoms with Gasteiger partial charge in [-0.1, -0.05) is 32.1 Å². The van der Waals surface area contributed by atoms with Crippen LogP contribution in [-0.4, -0.2) is 52.6 Å². The summed E-state index contributed by atoms with van der Waals surface area (Å²) in [5, 5.41) is 10.1. The topological polar surface area (TPSA) is 110 Å². The van der Waals surface area contributed by atoms with E-state index in [4.69, 9.17) is 10.5 Å². The molecule has 0 aromatic rings. The molecule has 0 bridgehead atoms.